The number of likely N-dealkylation sites (tertiary alicyclic amines) is 2. The summed E-state index contributed by atoms with van der Waals surface area (Å²) in [4.78, 5) is 21.6. The number of pyridine rings is 1. The molecule has 1 unspecified atom stereocenters. The third-order valence-corrected chi connectivity index (χ3v) is 5.70. The lowest BCUT2D eigenvalue weighted by Crippen LogP contribution is -2.47. The summed E-state index contributed by atoms with van der Waals surface area (Å²) >= 11 is 0. The van der Waals surface area contributed by atoms with E-state index in [1.165, 1.54) is 12.1 Å². The van der Waals surface area contributed by atoms with E-state index < -0.39 is 0 Å². The first kappa shape index (κ1) is 17.2. The fraction of sp³-hybridized carbons (Fsp3) is 0.429. The second kappa shape index (κ2) is 7.16. The van der Waals surface area contributed by atoms with Crippen LogP contribution in [0.15, 0.2) is 48.8 Å². The molecule has 0 aliphatic carbocycles. The Morgan fingerprint density at radius 1 is 0.962 bits per heavy atom. The van der Waals surface area contributed by atoms with E-state index in [0.717, 1.165) is 56.6 Å². The average molecular weight is 353 g/mol. The molecule has 2 saturated heterocycles. The van der Waals surface area contributed by atoms with E-state index >= 15 is 0 Å². The lowest BCUT2D eigenvalue weighted by Gasteiger charge is -2.39. The van der Waals surface area contributed by atoms with Crippen LogP contribution < -0.4 is 0 Å². The van der Waals surface area contributed by atoms with Crippen molar-refractivity contribution in [3.63, 3.8) is 0 Å². The molecular formula is C21H24FN3O. The van der Waals surface area contributed by atoms with Crippen molar-refractivity contribution in [1.82, 2.24) is 14.8 Å². The highest BCUT2D eigenvalue weighted by molar-refractivity contribution is 5.85. The van der Waals surface area contributed by atoms with Crippen LogP contribution in [0.1, 0.15) is 30.4 Å². The van der Waals surface area contributed by atoms with Gasteiger partial charge in [-0.3, -0.25) is 14.7 Å². The maximum atomic E-state index is 13.2. The van der Waals surface area contributed by atoms with E-state index in [2.05, 4.69) is 9.88 Å². The van der Waals surface area contributed by atoms with Crippen molar-refractivity contribution in [2.45, 2.75) is 32.4 Å². The van der Waals surface area contributed by atoms with Gasteiger partial charge in [-0.05, 0) is 61.2 Å². The predicted molar refractivity (Wildman–Crippen MR) is 97.6 cm³/mol. The second-order valence-corrected chi connectivity index (χ2v) is 7.55. The zero-order chi connectivity index (χ0) is 18.0. The molecule has 1 atom stereocenters. The monoisotopic (exact) mass is 353 g/mol. The fourth-order valence-corrected chi connectivity index (χ4v) is 4.34. The van der Waals surface area contributed by atoms with Crippen LogP contribution in [0.3, 0.4) is 0 Å². The van der Waals surface area contributed by atoms with E-state index in [1.54, 1.807) is 12.4 Å². The third-order valence-electron chi connectivity index (χ3n) is 5.70. The van der Waals surface area contributed by atoms with Gasteiger partial charge < -0.3 is 4.90 Å². The van der Waals surface area contributed by atoms with Crippen LogP contribution in [0.5, 0.6) is 0 Å². The standard InChI is InChI=1S/C21H24FN3O/c22-19-4-2-17(3-5-19)14-24-12-1-8-21(16-24)9-13-25(20(21)26)15-18-6-10-23-11-7-18/h2-7,10-11H,1,8-9,12-16H2. The molecule has 26 heavy (non-hydrogen) atoms. The van der Waals surface area contributed by atoms with Gasteiger partial charge in [0.05, 0.1) is 5.41 Å². The average Bonchev–Trinajstić information content (AvgIpc) is 2.94. The molecule has 0 saturated carbocycles. The summed E-state index contributed by atoms with van der Waals surface area (Å²) in [5.74, 6) is 0.0831. The van der Waals surface area contributed by atoms with Crippen LogP contribution in [0, 0.1) is 11.2 Å². The van der Waals surface area contributed by atoms with Crippen LogP contribution in [0.2, 0.25) is 0 Å². The van der Waals surface area contributed by atoms with Crippen molar-refractivity contribution in [3.05, 3.63) is 65.7 Å². The number of amides is 1. The summed E-state index contributed by atoms with van der Waals surface area (Å²) in [6, 6.07) is 10.6. The Labute approximate surface area is 153 Å². The third kappa shape index (κ3) is 3.49. The molecule has 1 amide bonds. The van der Waals surface area contributed by atoms with Crippen LogP contribution in [-0.2, 0) is 17.9 Å². The molecule has 2 aromatic rings. The van der Waals surface area contributed by atoms with E-state index in [4.69, 9.17) is 0 Å². The number of carbonyl (C=O) groups excluding carboxylic acids is 1. The highest BCUT2D eigenvalue weighted by Crippen LogP contribution is 2.41. The summed E-state index contributed by atoms with van der Waals surface area (Å²) in [6.45, 7) is 4.07. The Hall–Kier alpha value is -2.27. The Bertz CT molecular complexity index is 765. The molecule has 0 N–H and O–H groups in total. The number of rotatable bonds is 4. The molecule has 2 fully saturated rings. The quantitative estimate of drug-likeness (QED) is 0.847. The summed E-state index contributed by atoms with van der Waals surface area (Å²) in [6.07, 6.45) is 6.48. The Balaban J connectivity index is 1.43. The number of hydrogen-bond donors (Lipinski definition) is 0. The van der Waals surface area contributed by atoms with E-state index in [1.807, 2.05) is 29.2 Å². The van der Waals surface area contributed by atoms with Crippen molar-refractivity contribution in [2.24, 2.45) is 5.41 Å². The summed E-state index contributed by atoms with van der Waals surface area (Å²) in [5.41, 5.74) is 1.98. The van der Waals surface area contributed by atoms with Gasteiger partial charge in [0.15, 0.2) is 0 Å². The number of hydrogen-bond acceptors (Lipinski definition) is 3. The maximum Gasteiger partial charge on any atom is 0.230 e. The van der Waals surface area contributed by atoms with Crippen molar-refractivity contribution in [1.29, 1.82) is 0 Å². The van der Waals surface area contributed by atoms with Gasteiger partial charge >= 0.3 is 0 Å². The summed E-state index contributed by atoms with van der Waals surface area (Å²) < 4.78 is 13.1. The molecule has 0 bridgehead atoms. The van der Waals surface area contributed by atoms with Gasteiger partial charge in [-0.15, -0.1) is 0 Å². The van der Waals surface area contributed by atoms with Crippen molar-refractivity contribution >= 4 is 5.91 Å². The van der Waals surface area contributed by atoms with Crippen molar-refractivity contribution in [2.75, 3.05) is 19.6 Å². The van der Waals surface area contributed by atoms with Gasteiger partial charge in [0.1, 0.15) is 5.82 Å². The summed E-state index contributed by atoms with van der Waals surface area (Å²) in [5, 5.41) is 0. The minimum Gasteiger partial charge on any atom is -0.338 e. The Morgan fingerprint density at radius 3 is 2.46 bits per heavy atom. The normalized spacial score (nSPS) is 23.7. The van der Waals surface area contributed by atoms with E-state index in [0.29, 0.717) is 6.54 Å². The zero-order valence-corrected chi connectivity index (χ0v) is 14.9. The first-order valence-electron chi connectivity index (χ1n) is 9.30. The number of benzene rings is 1. The van der Waals surface area contributed by atoms with E-state index in [9.17, 15) is 9.18 Å². The Morgan fingerprint density at radius 2 is 1.69 bits per heavy atom. The highest BCUT2D eigenvalue weighted by Gasteiger charge is 2.48. The molecule has 3 heterocycles. The molecule has 0 radical (unpaired) electrons. The molecule has 2 aliphatic rings. The molecule has 1 aromatic heterocycles. The smallest absolute Gasteiger partial charge is 0.230 e. The van der Waals surface area contributed by atoms with Gasteiger partial charge in [0, 0.05) is 38.6 Å². The predicted octanol–water partition coefficient (Wildman–Crippen LogP) is 3.24. The Kier molecular flexibility index (Phi) is 4.72. The zero-order valence-electron chi connectivity index (χ0n) is 14.9. The lowest BCUT2D eigenvalue weighted by molar-refractivity contribution is -0.139. The van der Waals surface area contributed by atoms with Crippen LogP contribution >= 0.6 is 0 Å². The fourth-order valence-electron chi connectivity index (χ4n) is 4.34. The molecule has 4 rings (SSSR count). The number of halogens is 1. The molecule has 2 aliphatic heterocycles. The molecular weight excluding hydrogens is 329 g/mol. The molecule has 136 valence electrons. The van der Waals surface area contributed by atoms with Gasteiger partial charge in [-0.1, -0.05) is 12.1 Å². The van der Waals surface area contributed by atoms with Gasteiger partial charge in [0.2, 0.25) is 5.91 Å². The van der Waals surface area contributed by atoms with Crippen LogP contribution in [0.4, 0.5) is 4.39 Å². The number of carbonyl (C=O) groups is 1. The molecule has 1 spiro atoms. The first-order chi connectivity index (χ1) is 12.6. The lowest BCUT2D eigenvalue weighted by atomic mass is 9.78. The van der Waals surface area contributed by atoms with E-state index in [-0.39, 0.29) is 17.1 Å². The van der Waals surface area contributed by atoms with Crippen molar-refractivity contribution in [3.8, 4) is 0 Å². The summed E-state index contributed by atoms with van der Waals surface area (Å²) in [7, 11) is 0. The number of aromatic nitrogens is 1. The minimum atomic E-state index is -0.245. The van der Waals surface area contributed by atoms with Crippen molar-refractivity contribution < 1.29 is 9.18 Å². The topological polar surface area (TPSA) is 36.4 Å². The SMILES string of the molecule is O=C1N(Cc2ccncc2)CCC12CCCN(Cc1ccc(F)cc1)C2. The minimum absolute atomic E-state index is 0.207. The maximum absolute atomic E-state index is 13.2. The molecule has 4 nitrogen and oxygen atoms in total. The second-order valence-electron chi connectivity index (χ2n) is 7.55. The molecule has 5 heteroatoms. The van der Waals surface area contributed by atoms with Gasteiger partial charge in [0.25, 0.3) is 0 Å². The molecule has 1 aromatic carbocycles. The number of piperidine rings is 1. The van der Waals surface area contributed by atoms with Crippen LogP contribution in [0.25, 0.3) is 0 Å². The van der Waals surface area contributed by atoms with Gasteiger partial charge in [-0.2, -0.15) is 0 Å². The highest BCUT2D eigenvalue weighted by atomic mass is 19.1. The van der Waals surface area contributed by atoms with Crippen LogP contribution in [-0.4, -0.2) is 40.3 Å². The largest absolute Gasteiger partial charge is 0.338 e. The first-order valence-corrected chi connectivity index (χ1v) is 9.30. The van der Waals surface area contributed by atoms with Gasteiger partial charge in [-0.25, -0.2) is 4.39 Å². The number of nitrogens with zero attached hydrogens (tertiary/aromatic N) is 3.